The van der Waals surface area contributed by atoms with Gasteiger partial charge in [0.2, 0.25) is 5.91 Å². The van der Waals surface area contributed by atoms with Crippen molar-refractivity contribution in [1.82, 2.24) is 0 Å². The maximum Gasteiger partial charge on any atom is 0.248 e. The van der Waals surface area contributed by atoms with Crippen molar-refractivity contribution in [1.29, 1.82) is 0 Å². The van der Waals surface area contributed by atoms with Crippen molar-refractivity contribution in [3.8, 4) is 47.7 Å². The van der Waals surface area contributed by atoms with Crippen molar-refractivity contribution >= 4 is 23.4 Å². The van der Waals surface area contributed by atoms with Crippen molar-refractivity contribution in [2.24, 2.45) is 0 Å². The Morgan fingerprint density at radius 3 is 2.03 bits per heavy atom. The zero-order valence-corrected chi connectivity index (χ0v) is 18.6. The molecule has 0 aliphatic heterocycles. The molecule has 0 fully saturated rings. The summed E-state index contributed by atoms with van der Waals surface area (Å²) < 4.78 is 21.5. The molecule has 0 saturated carbocycles. The summed E-state index contributed by atoms with van der Waals surface area (Å²) in [6.45, 7) is 0.601. The number of terminal acetylenes is 2. The third-order valence-electron chi connectivity index (χ3n) is 4.51. The predicted octanol–water partition coefficient (Wildman–Crippen LogP) is 3.45. The lowest BCUT2D eigenvalue weighted by Gasteiger charge is -2.23. The molecule has 0 saturated heterocycles. The quantitative estimate of drug-likeness (QED) is 0.456. The van der Waals surface area contributed by atoms with Gasteiger partial charge in [-0.3, -0.25) is 4.79 Å². The lowest BCUT2D eigenvalue weighted by atomic mass is 10.1. The summed E-state index contributed by atoms with van der Waals surface area (Å²) in [5.41, 5.74) is 1.85. The van der Waals surface area contributed by atoms with E-state index in [-0.39, 0.29) is 5.91 Å². The Morgan fingerprint density at radius 2 is 1.53 bits per heavy atom. The normalized spacial score (nSPS) is 10.1. The van der Waals surface area contributed by atoms with Crippen LogP contribution in [0.4, 0.5) is 11.4 Å². The van der Waals surface area contributed by atoms with Gasteiger partial charge < -0.3 is 29.2 Å². The summed E-state index contributed by atoms with van der Waals surface area (Å²) in [4.78, 5) is 14.4. The van der Waals surface area contributed by atoms with Crippen molar-refractivity contribution in [3.63, 3.8) is 0 Å². The maximum absolute atomic E-state index is 12.6. The molecular formula is C25H26N2O5. The van der Waals surface area contributed by atoms with E-state index in [1.165, 1.54) is 20.3 Å². The summed E-state index contributed by atoms with van der Waals surface area (Å²) in [6, 6.07) is 8.65. The fourth-order valence-corrected chi connectivity index (χ4v) is 3.00. The number of anilines is 2. The summed E-state index contributed by atoms with van der Waals surface area (Å²) in [5.74, 6) is 7.00. The first-order valence-corrected chi connectivity index (χ1v) is 9.60. The molecule has 2 rings (SSSR count). The minimum atomic E-state index is -0.346. The second kappa shape index (κ2) is 11.8. The first kappa shape index (κ1) is 24.0. The summed E-state index contributed by atoms with van der Waals surface area (Å²) in [6.07, 6.45) is 13.9. The van der Waals surface area contributed by atoms with Crippen LogP contribution >= 0.6 is 0 Å². The molecule has 0 spiro atoms. The molecule has 0 unspecified atom stereocenters. The number of rotatable bonds is 10. The first-order chi connectivity index (χ1) is 15.5. The number of nitrogens with zero attached hydrogens (tertiary/aromatic N) is 1. The van der Waals surface area contributed by atoms with E-state index in [1.807, 2.05) is 0 Å². The SMILES string of the molecule is C#CCN(CC#C)c1cc(NC(=O)C=Cc2c(OC)cc(OC)cc2OC)ccc1OC. The van der Waals surface area contributed by atoms with E-state index in [0.29, 0.717) is 53.0 Å². The van der Waals surface area contributed by atoms with E-state index in [4.69, 9.17) is 31.8 Å². The van der Waals surface area contributed by atoms with Crippen LogP contribution in [-0.4, -0.2) is 47.4 Å². The van der Waals surface area contributed by atoms with Gasteiger partial charge in [0.1, 0.15) is 23.0 Å². The third kappa shape index (κ3) is 5.90. The van der Waals surface area contributed by atoms with Crippen molar-refractivity contribution in [2.45, 2.75) is 0 Å². The third-order valence-corrected chi connectivity index (χ3v) is 4.51. The number of hydrogen-bond acceptors (Lipinski definition) is 6. The molecule has 7 nitrogen and oxygen atoms in total. The molecule has 0 aliphatic carbocycles. The number of ether oxygens (including phenoxy) is 4. The van der Waals surface area contributed by atoms with Gasteiger partial charge in [-0.05, 0) is 24.3 Å². The molecule has 0 atom stereocenters. The Bertz CT molecular complexity index is 1020. The topological polar surface area (TPSA) is 69.3 Å². The van der Waals surface area contributed by atoms with Gasteiger partial charge >= 0.3 is 0 Å². The highest BCUT2D eigenvalue weighted by molar-refractivity contribution is 6.02. The molecule has 0 aliphatic rings. The van der Waals surface area contributed by atoms with Crippen molar-refractivity contribution in [3.05, 3.63) is 42.0 Å². The fraction of sp³-hybridized carbons (Fsp3) is 0.240. The van der Waals surface area contributed by atoms with Gasteiger partial charge in [-0.2, -0.15) is 0 Å². The van der Waals surface area contributed by atoms with E-state index in [9.17, 15) is 4.79 Å². The highest BCUT2D eigenvalue weighted by Gasteiger charge is 2.14. The van der Waals surface area contributed by atoms with Gasteiger partial charge in [0.05, 0.1) is 52.8 Å². The molecule has 166 valence electrons. The lowest BCUT2D eigenvalue weighted by Crippen LogP contribution is -2.24. The lowest BCUT2D eigenvalue weighted by molar-refractivity contribution is -0.111. The molecule has 2 aromatic carbocycles. The van der Waals surface area contributed by atoms with Crippen molar-refractivity contribution < 1.29 is 23.7 Å². The van der Waals surface area contributed by atoms with Gasteiger partial charge in [-0.15, -0.1) is 12.8 Å². The van der Waals surface area contributed by atoms with E-state index in [1.54, 1.807) is 55.5 Å². The predicted molar refractivity (Wildman–Crippen MR) is 127 cm³/mol. The average molecular weight is 434 g/mol. The number of nitrogens with one attached hydrogen (secondary N) is 1. The molecule has 1 amide bonds. The van der Waals surface area contributed by atoms with Gasteiger partial charge in [-0.1, -0.05) is 11.8 Å². The van der Waals surface area contributed by atoms with Crippen molar-refractivity contribution in [2.75, 3.05) is 51.7 Å². The first-order valence-electron chi connectivity index (χ1n) is 9.60. The molecular weight excluding hydrogens is 408 g/mol. The Hall–Kier alpha value is -4.23. The summed E-state index contributed by atoms with van der Waals surface area (Å²) in [7, 11) is 6.17. The van der Waals surface area contributed by atoms with Gasteiger partial charge in [0.25, 0.3) is 0 Å². The van der Waals surface area contributed by atoms with Crippen LogP contribution in [0.2, 0.25) is 0 Å². The monoisotopic (exact) mass is 434 g/mol. The standard InChI is InChI=1S/C25H26N2O5/c1-7-13-27(14-8-2)21-15-18(9-11-22(21)30-4)26-25(28)12-10-20-23(31-5)16-19(29-3)17-24(20)32-6/h1-2,9-12,15-17H,13-14H2,3-6H3,(H,26,28). The van der Waals surface area contributed by atoms with E-state index >= 15 is 0 Å². The number of hydrogen-bond donors (Lipinski definition) is 1. The molecule has 0 aromatic heterocycles. The van der Waals surface area contributed by atoms with Crippen LogP contribution in [-0.2, 0) is 4.79 Å². The van der Waals surface area contributed by atoms with Crippen LogP contribution in [0.5, 0.6) is 23.0 Å². The van der Waals surface area contributed by atoms with Crippen LogP contribution in [0.15, 0.2) is 36.4 Å². The van der Waals surface area contributed by atoms with Gasteiger partial charge in [-0.25, -0.2) is 0 Å². The second-order valence-electron chi connectivity index (χ2n) is 6.42. The molecule has 32 heavy (non-hydrogen) atoms. The van der Waals surface area contributed by atoms with Gasteiger partial charge in [0, 0.05) is 23.9 Å². The van der Waals surface area contributed by atoms with Crippen LogP contribution in [0.1, 0.15) is 5.56 Å². The van der Waals surface area contributed by atoms with Crippen LogP contribution in [0.3, 0.4) is 0 Å². The number of benzene rings is 2. The average Bonchev–Trinajstić information content (AvgIpc) is 2.81. The molecule has 1 N–H and O–H groups in total. The number of carbonyl (C=O) groups excluding carboxylic acids is 1. The second-order valence-corrected chi connectivity index (χ2v) is 6.42. The molecule has 0 radical (unpaired) electrons. The minimum Gasteiger partial charge on any atom is -0.496 e. The molecule has 2 aromatic rings. The molecule has 0 bridgehead atoms. The highest BCUT2D eigenvalue weighted by atomic mass is 16.5. The number of methoxy groups -OCH3 is 4. The van der Waals surface area contributed by atoms with Crippen LogP contribution in [0.25, 0.3) is 6.08 Å². The maximum atomic E-state index is 12.6. The van der Waals surface area contributed by atoms with E-state index in [0.717, 1.165) is 0 Å². The number of amides is 1. The van der Waals surface area contributed by atoms with E-state index in [2.05, 4.69) is 17.2 Å². The highest BCUT2D eigenvalue weighted by Crippen LogP contribution is 2.35. The Kier molecular flexibility index (Phi) is 8.89. The largest absolute Gasteiger partial charge is 0.496 e. The van der Waals surface area contributed by atoms with Crippen LogP contribution in [0, 0.1) is 24.7 Å². The fourth-order valence-electron chi connectivity index (χ4n) is 3.00. The Morgan fingerprint density at radius 1 is 0.938 bits per heavy atom. The Balaban J connectivity index is 2.29. The zero-order valence-electron chi connectivity index (χ0n) is 18.6. The summed E-state index contributed by atoms with van der Waals surface area (Å²) >= 11 is 0. The molecule has 0 heterocycles. The van der Waals surface area contributed by atoms with Crippen LogP contribution < -0.4 is 29.2 Å². The Labute approximate surface area is 188 Å². The molecule has 7 heteroatoms. The minimum absolute atomic E-state index is 0.301. The number of carbonyl (C=O) groups is 1. The smallest absolute Gasteiger partial charge is 0.248 e. The zero-order chi connectivity index (χ0) is 23.5. The van der Waals surface area contributed by atoms with E-state index < -0.39 is 0 Å². The summed E-state index contributed by atoms with van der Waals surface area (Å²) in [5, 5.41) is 2.82. The van der Waals surface area contributed by atoms with Gasteiger partial charge in [0.15, 0.2) is 0 Å².